The fraction of sp³-hybridized carbons (Fsp3) is 0.895. The van der Waals surface area contributed by atoms with E-state index in [0.717, 1.165) is 0 Å². The predicted octanol–water partition coefficient (Wildman–Crippen LogP) is 5.40. The second kappa shape index (κ2) is 5.83. The molecule has 0 aromatic heterocycles. The lowest BCUT2D eigenvalue weighted by molar-refractivity contribution is 0.121. The van der Waals surface area contributed by atoms with Crippen LogP contribution < -0.4 is 5.73 Å². The highest BCUT2D eigenvalue weighted by atomic mass is 14.7. The molecule has 20 heavy (non-hydrogen) atoms. The molecule has 1 aliphatic rings. The monoisotopic (exact) mass is 279 g/mol. The minimum Gasteiger partial charge on any atom is -0.322 e. The molecule has 3 atom stereocenters. The van der Waals surface area contributed by atoms with Crippen LogP contribution in [0, 0.1) is 28.6 Å². The number of hydrogen-bond acceptors (Lipinski definition) is 1. The molecular formula is C19H37N. The van der Waals surface area contributed by atoms with Gasteiger partial charge in [-0.15, -0.1) is 6.58 Å². The van der Waals surface area contributed by atoms with Crippen molar-refractivity contribution < 1.29 is 0 Å². The molecule has 0 aliphatic heterocycles. The quantitative estimate of drug-likeness (QED) is 0.672. The van der Waals surface area contributed by atoms with Crippen molar-refractivity contribution in [1.29, 1.82) is 0 Å². The third-order valence-electron chi connectivity index (χ3n) is 5.61. The van der Waals surface area contributed by atoms with Crippen LogP contribution in [0.3, 0.4) is 0 Å². The Bertz CT molecular complexity index is 314. The number of rotatable bonds is 2. The largest absolute Gasteiger partial charge is 0.322 e. The summed E-state index contributed by atoms with van der Waals surface area (Å²) in [6.07, 6.45) is 7.14. The number of nitrogens with two attached hydrogens (primary N) is 1. The Morgan fingerprint density at radius 2 is 1.35 bits per heavy atom. The first kappa shape index (κ1) is 17.8. The highest BCUT2D eigenvalue weighted by Crippen LogP contribution is 2.47. The zero-order valence-electron chi connectivity index (χ0n) is 14.9. The lowest BCUT2D eigenvalue weighted by Gasteiger charge is -2.42. The molecule has 0 saturated heterocycles. The van der Waals surface area contributed by atoms with E-state index in [-0.39, 0.29) is 5.54 Å². The lowest BCUT2D eigenvalue weighted by atomic mass is 9.65. The van der Waals surface area contributed by atoms with Crippen LogP contribution in [0.4, 0.5) is 0 Å². The molecule has 118 valence electrons. The molecule has 0 radical (unpaired) electrons. The Hall–Kier alpha value is -0.300. The van der Waals surface area contributed by atoms with Gasteiger partial charge in [-0.05, 0) is 61.2 Å². The smallest absolute Gasteiger partial charge is 0.0341 e. The van der Waals surface area contributed by atoms with Gasteiger partial charge in [-0.2, -0.15) is 0 Å². The van der Waals surface area contributed by atoms with Crippen molar-refractivity contribution in [2.24, 2.45) is 34.3 Å². The second-order valence-electron chi connectivity index (χ2n) is 9.29. The van der Waals surface area contributed by atoms with Crippen LogP contribution in [0.15, 0.2) is 12.7 Å². The van der Waals surface area contributed by atoms with E-state index in [0.29, 0.717) is 28.6 Å². The van der Waals surface area contributed by atoms with Crippen molar-refractivity contribution >= 4 is 0 Å². The maximum Gasteiger partial charge on any atom is 0.0341 e. The lowest BCUT2D eigenvalue weighted by Crippen LogP contribution is -2.49. The zero-order valence-corrected chi connectivity index (χ0v) is 14.9. The van der Waals surface area contributed by atoms with E-state index in [4.69, 9.17) is 5.73 Å². The van der Waals surface area contributed by atoms with E-state index >= 15 is 0 Å². The fourth-order valence-electron chi connectivity index (χ4n) is 4.80. The first-order chi connectivity index (χ1) is 8.90. The van der Waals surface area contributed by atoms with Gasteiger partial charge in [0.25, 0.3) is 0 Å². The van der Waals surface area contributed by atoms with Crippen molar-refractivity contribution in [2.45, 2.75) is 79.7 Å². The van der Waals surface area contributed by atoms with Gasteiger partial charge in [0.15, 0.2) is 0 Å². The molecule has 3 unspecified atom stereocenters. The van der Waals surface area contributed by atoms with Gasteiger partial charge in [0.1, 0.15) is 0 Å². The van der Waals surface area contributed by atoms with Crippen LogP contribution in [-0.2, 0) is 0 Å². The average molecular weight is 280 g/mol. The van der Waals surface area contributed by atoms with Crippen LogP contribution in [0.2, 0.25) is 0 Å². The summed E-state index contributed by atoms with van der Waals surface area (Å²) in [5, 5.41) is 0. The van der Waals surface area contributed by atoms with E-state index < -0.39 is 0 Å². The number of hydrogen-bond donors (Lipinski definition) is 1. The van der Waals surface area contributed by atoms with Crippen LogP contribution in [0.25, 0.3) is 0 Å². The molecule has 1 aliphatic carbocycles. The third-order valence-corrected chi connectivity index (χ3v) is 5.61. The molecule has 1 heteroatoms. The molecule has 1 nitrogen and oxygen atoms in total. The SMILES string of the molecule is C=CC(C)(N)C1C(C)CC(C)(C)CCC(C)(C)CC1C. The molecule has 2 N–H and O–H groups in total. The summed E-state index contributed by atoms with van der Waals surface area (Å²) in [6, 6.07) is 0. The van der Waals surface area contributed by atoms with E-state index in [2.05, 4.69) is 55.0 Å². The van der Waals surface area contributed by atoms with Crippen LogP contribution >= 0.6 is 0 Å². The molecule has 0 heterocycles. The summed E-state index contributed by atoms with van der Waals surface area (Å²) < 4.78 is 0. The van der Waals surface area contributed by atoms with E-state index in [1.54, 1.807) is 0 Å². The summed E-state index contributed by atoms with van der Waals surface area (Å²) in [5.74, 6) is 1.79. The maximum absolute atomic E-state index is 6.60. The van der Waals surface area contributed by atoms with Gasteiger partial charge in [-0.25, -0.2) is 0 Å². The fourth-order valence-corrected chi connectivity index (χ4v) is 4.80. The third kappa shape index (κ3) is 4.35. The van der Waals surface area contributed by atoms with Crippen molar-refractivity contribution in [2.75, 3.05) is 0 Å². The Balaban J connectivity index is 3.15. The van der Waals surface area contributed by atoms with Gasteiger partial charge in [0, 0.05) is 5.54 Å². The minimum absolute atomic E-state index is 0.269. The Morgan fingerprint density at radius 1 is 1.00 bits per heavy atom. The molecule has 0 bridgehead atoms. The van der Waals surface area contributed by atoms with Gasteiger partial charge < -0.3 is 5.73 Å². The maximum atomic E-state index is 6.60. The van der Waals surface area contributed by atoms with E-state index in [1.165, 1.54) is 25.7 Å². The normalized spacial score (nSPS) is 37.1. The Labute approximate surface area is 127 Å². The summed E-state index contributed by atoms with van der Waals surface area (Å²) in [7, 11) is 0. The molecule has 0 amide bonds. The summed E-state index contributed by atoms with van der Waals surface area (Å²) in [5.41, 5.74) is 7.16. The highest BCUT2D eigenvalue weighted by Gasteiger charge is 2.41. The molecule has 1 rings (SSSR count). The molecule has 0 aromatic carbocycles. The van der Waals surface area contributed by atoms with Crippen molar-refractivity contribution in [1.82, 2.24) is 0 Å². The minimum atomic E-state index is -0.269. The molecule has 0 aromatic rings. The second-order valence-corrected chi connectivity index (χ2v) is 9.29. The van der Waals surface area contributed by atoms with Gasteiger partial charge in [0.05, 0.1) is 0 Å². The zero-order chi connectivity index (χ0) is 15.8. The highest BCUT2D eigenvalue weighted by molar-refractivity contribution is 5.05. The Morgan fingerprint density at radius 3 is 1.65 bits per heavy atom. The van der Waals surface area contributed by atoms with Crippen molar-refractivity contribution in [3.8, 4) is 0 Å². The van der Waals surface area contributed by atoms with E-state index in [9.17, 15) is 0 Å². The molecule has 1 fully saturated rings. The van der Waals surface area contributed by atoms with Crippen LogP contribution in [0.1, 0.15) is 74.1 Å². The molecular weight excluding hydrogens is 242 g/mol. The van der Waals surface area contributed by atoms with Crippen LogP contribution in [-0.4, -0.2) is 5.54 Å². The summed E-state index contributed by atoms with van der Waals surface area (Å²) in [4.78, 5) is 0. The van der Waals surface area contributed by atoms with E-state index in [1.807, 2.05) is 6.08 Å². The van der Waals surface area contributed by atoms with Gasteiger partial charge >= 0.3 is 0 Å². The summed E-state index contributed by atoms with van der Waals surface area (Å²) >= 11 is 0. The van der Waals surface area contributed by atoms with Gasteiger partial charge in [-0.1, -0.05) is 47.6 Å². The standard InChI is InChI=1S/C19H37N/c1-9-19(8,20)16-14(2)12-17(4,5)10-11-18(6,7)13-15(16)3/h9,14-16H,1,10-13,20H2,2-8H3. The predicted molar refractivity (Wildman–Crippen MR) is 90.6 cm³/mol. The van der Waals surface area contributed by atoms with Crippen LogP contribution in [0.5, 0.6) is 0 Å². The van der Waals surface area contributed by atoms with Gasteiger partial charge in [-0.3, -0.25) is 0 Å². The molecule has 0 spiro atoms. The van der Waals surface area contributed by atoms with Crippen molar-refractivity contribution in [3.63, 3.8) is 0 Å². The summed E-state index contributed by atoms with van der Waals surface area (Å²) in [6.45, 7) is 20.7. The first-order valence-electron chi connectivity index (χ1n) is 8.33. The van der Waals surface area contributed by atoms with Gasteiger partial charge in [0.2, 0.25) is 0 Å². The average Bonchev–Trinajstić information content (AvgIpc) is 2.26. The molecule has 1 saturated carbocycles. The first-order valence-corrected chi connectivity index (χ1v) is 8.33. The van der Waals surface area contributed by atoms with Crippen molar-refractivity contribution in [3.05, 3.63) is 12.7 Å². The topological polar surface area (TPSA) is 26.0 Å². The Kier molecular flexibility index (Phi) is 5.17.